The lowest BCUT2D eigenvalue weighted by Gasteiger charge is -2.18. The van der Waals surface area contributed by atoms with E-state index in [4.69, 9.17) is 10.00 Å². The van der Waals surface area contributed by atoms with Gasteiger partial charge >= 0.3 is 12.3 Å². The Kier molecular flexibility index (Phi) is 7.87. The van der Waals surface area contributed by atoms with Crippen LogP contribution in [0.3, 0.4) is 0 Å². The van der Waals surface area contributed by atoms with E-state index in [1.807, 2.05) is 6.07 Å². The summed E-state index contributed by atoms with van der Waals surface area (Å²) in [6.07, 6.45) is -4.17. The first-order valence-electron chi connectivity index (χ1n) is 10.7. The molecule has 10 nitrogen and oxygen atoms in total. The van der Waals surface area contributed by atoms with Gasteiger partial charge in [0.15, 0.2) is 11.6 Å². The molecule has 0 aliphatic heterocycles. The van der Waals surface area contributed by atoms with Crippen molar-refractivity contribution in [3.05, 3.63) is 63.5 Å². The van der Waals surface area contributed by atoms with Gasteiger partial charge in [-0.15, -0.1) is 5.10 Å². The van der Waals surface area contributed by atoms with Crippen molar-refractivity contribution in [2.45, 2.75) is 45.5 Å². The highest BCUT2D eigenvalue weighted by Crippen LogP contribution is 2.32. The Balaban J connectivity index is 1.94. The molecule has 2 aromatic heterocycles. The van der Waals surface area contributed by atoms with E-state index in [-0.39, 0.29) is 33.2 Å². The molecule has 0 aliphatic carbocycles. The number of rotatable bonds is 5. The first-order valence-corrected chi connectivity index (χ1v) is 11.5. The summed E-state index contributed by atoms with van der Waals surface area (Å²) in [4.78, 5) is 33.4. The lowest BCUT2D eigenvalue weighted by Crippen LogP contribution is -2.29. The molecule has 37 heavy (non-hydrogen) atoms. The number of carbonyl (C=O) groups is 2. The number of anilines is 1. The molecule has 0 fully saturated rings. The molecule has 2 heterocycles. The van der Waals surface area contributed by atoms with Gasteiger partial charge in [-0.25, -0.2) is 9.78 Å². The number of nitrogens with zero attached hydrogens (tertiary/aromatic N) is 5. The van der Waals surface area contributed by atoms with Crippen molar-refractivity contribution in [2.75, 3.05) is 5.32 Å². The van der Waals surface area contributed by atoms with Crippen molar-refractivity contribution in [1.29, 1.82) is 5.26 Å². The fraction of sp³-hybridized carbons (Fsp3) is 0.304. The second-order valence-electron chi connectivity index (χ2n) is 8.77. The number of amides is 2. The van der Waals surface area contributed by atoms with Crippen LogP contribution in [-0.2, 0) is 10.9 Å². The van der Waals surface area contributed by atoms with Crippen LogP contribution in [-0.4, -0.2) is 37.3 Å². The molecule has 2 N–H and O–H groups in total. The first kappa shape index (κ1) is 27.6. The molecule has 0 aliphatic rings. The molecular weight excluding hydrogens is 559 g/mol. The number of carbonyl (C=O) groups excluding carboxylic acids is 2. The Hall–Kier alpha value is -3.99. The number of ether oxygens (including phenoxy) is 1. The monoisotopic (exact) mass is 579 g/mol. The van der Waals surface area contributed by atoms with Crippen molar-refractivity contribution in [1.82, 2.24) is 25.1 Å². The molecule has 0 saturated heterocycles. The third kappa shape index (κ3) is 7.26. The summed E-state index contributed by atoms with van der Waals surface area (Å²) in [6.45, 7) is 6.55. The minimum absolute atomic E-state index is 0.0777. The largest absolute Gasteiger partial charge is 0.444 e. The second kappa shape index (κ2) is 10.6. The van der Waals surface area contributed by atoms with Crippen LogP contribution < -0.4 is 10.6 Å². The summed E-state index contributed by atoms with van der Waals surface area (Å²) < 4.78 is 46.1. The van der Waals surface area contributed by atoms with E-state index in [0.29, 0.717) is 0 Å². The van der Waals surface area contributed by atoms with Gasteiger partial charge in [0.05, 0.1) is 17.2 Å². The quantitative estimate of drug-likeness (QED) is 0.426. The summed E-state index contributed by atoms with van der Waals surface area (Å²) in [7, 11) is 0. The van der Waals surface area contributed by atoms with E-state index in [1.54, 1.807) is 20.8 Å². The fourth-order valence-electron chi connectivity index (χ4n) is 3.03. The molecular formula is C23H21BrF3N7O3. The van der Waals surface area contributed by atoms with E-state index in [1.165, 1.54) is 36.0 Å². The maximum atomic E-state index is 13.2. The van der Waals surface area contributed by atoms with Gasteiger partial charge in [0, 0.05) is 16.2 Å². The number of pyridine rings is 1. The molecule has 1 aromatic carbocycles. The van der Waals surface area contributed by atoms with Crippen LogP contribution in [0.15, 0.2) is 41.0 Å². The summed E-state index contributed by atoms with van der Waals surface area (Å²) in [5, 5.41) is 18.2. The molecule has 1 unspecified atom stereocenters. The number of hydrogen-bond donors (Lipinski definition) is 2. The highest BCUT2D eigenvalue weighted by molar-refractivity contribution is 9.10. The molecule has 1 atom stereocenters. The molecule has 2 amide bonds. The third-order valence-corrected chi connectivity index (χ3v) is 5.02. The van der Waals surface area contributed by atoms with Gasteiger partial charge in [0.1, 0.15) is 11.7 Å². The molecule has 3 rings (SSSR count). The third-order valence-electron chi connectivity index (χ3n) is 4.56. The Bertz CT molecular complexity index is 1360. The topological polar surface area (TPSA) is 135 Å². The summed E-state index contributed by atoms with van der Waals surface area (Å²) in [5.74, 6) is -0.661. The average Bonchev–Trinajstić information content (AvgIpc) is 3.20. The zero-order valence-electron chi connectivity index (χ0n) is 20.0. The lowest BCUT2D eigenvalue weighted by molar-refractivity contribution is -0.137. The molecule has 0 radical (unpaired) electrons. The predicted octanol–water partition coefficient (Wildman–Crippen LogP) is 5.15. The first-order chi connectivity index (χ1) is 17.2. The number of hydrogen-bond acceptors (Lipinski definition) is 7. The van der Waals surface area contributed by atoms with E-state index < -0.39 is 35.4 Å². The van der Waals surface area contributed by atoms with Gasteiger partial charge in [0.25, 0.3) is 11.9 Å². The SMILES string of the molecule is CC(NC(=O)c1cc(Br)cc(C(F)(F)F)c1)c1nc(NC(=O)OC(C)(C)C)nn1-c1ccc(C#N)cn1. The van der Waals surface area contributed by atoms with Gasteiger partial charge < -0.3 is 10.1 Å². The van der Waals surface area contributed by atoms with E-state index in [9.17, 15) is 22.8 Å². The highest BCUT2D eigenvalue weighted by Gasteiger charge is 2.32. The van der Waals surface area contributed by atoms with E-state index in [0.717, 1.165) is 12.1 Å². The number of alkyl halides is 3. The number of nitriles is 1. The lowest BCUT2D eigenvalue weighted by atomic mass is 10.1. The second-order valence-corrected chi connectivity index (χ2v) is 9.69. The highest BCUT2D eigenvalue weighted by atomic mass is 79.9. The van der Waals surface area contributed by atoms with E-state index in [2.05, 4.69) is 41.6 Å². The van der Waals surface area contributed by atoms with Gasteiger partial charge in [-0.1, -0.05) is 15.9 Å². The van der Waals surface area contributed by atoms with Crippen molar-refractivity contribution in [3.8, 4) is 11.9 Å². The predicted molar refractivity (Wildman–Crippen MR) is 129 cm³/mol. The molecule has 0 bridgehead atoms. The smallest absolute Gasteiger partial charge is 0.416 e. The standard InChI is InChI=1S/C23H21BrF3N7O3/c1-12(30-19(35)14-7-15(23(25,26)27)9-16(24)8-14)18-31-20(32-21(36)37-22(2,3)4)33-34(18)17-6-5-13(10-28)11-29-17/h5-9,11-12H,1-4H3,(H,30,35)(H,32,33,36). The number of benzene rings is 1. The molecule has 194 valence electrons. The van der Waals surface area contributed by atoms with Gasteiger partial charge in [-0.05, 0) is 58.0 Å². The van der Waals surface area contributed by atoms with Crippen molar-refractivity contribution in [2.24, 2.45) is 0 Å². The molecule has 0 spiro atoms. The molecule has 14 heteroatoms. The maximum Gasteiger partial charge on any atom is 0.416 e. The zero-order valence-corrected chi connectivity index (χ0v) is 21.6. The molecule has 0 saturated carbocycles. The number of aromatic nitrogens is 4. The Morgan fingerprint density at radius 2 is 1.89 bits per heavy atom. The van der Waals surface area contributed by atoms with Crippen LogP contribution in [0, 0.1) is 11.3 Å². The number of nitrogens with one attached hydrogen (secondary N) is 2. The summed E-state index contributed by atoms with van der Waals surface area (Å²) >= 11 is 3.00. The van der Waals surface area contributed by atoms with Crippen LogP contribution >= 0.6 is 15.9 Å². The van der Waals surface area contributed by atoms with Crippen LogP contribution in [0.4, 0.5) is 23.9 Å². The Morgan fingerprint density at radius 1 is 1.19 bits per heavy atom. The minimum Gasteiger partial charge on any atom is -0.444 e. The van der Waals surface area contributed by atoms with Gasteiger partial charge in [0.2, 0.25) is 0 Å². The van der Waals surface area contributed by atoms with Crippen LogP contribution in [0.2, 0.25) is 0 Å². The van der Waals surface area contributed by atoms with Crippen LogP contribution in [0.25, 0.3) is 5.82 Å². The van der Waals surface area contributed by atoms with Crippen LogP contribution in [0.1, 0.15) is 61.0 Å². The minimum atomic E-state index is -4.64. The zero-order chi connectivity index (χ0) is 27.5. The maximum absolute atomic E-state index is 13.2. The normalized spacial score (nSPS) is 12.4. The summed E-state index contributed by atoms with van der Waals surface area (Å²) in [5.41, 5.74) is -1.73. The van der Waals surface area contributed by atoms with Crippen LogP contribution in [0.5, 0.6) is 0 Å². The average molecular weight is 580 g/mol. The Labute approximate surface area is 218 Å². The fourth-order valence-corrected chi connectivity index (χ4v) is 3.52. The van der Waals surface area contributed by atoms with Crippen molar-refractivity contribution < 1.29 is 27.5 Å². The van der Waals surface area contributed by atoms with E-state index >= 15 is 0 Å². The summed E-state index contributed by atoms with van der Waals surface area (Å²) in [6, 6.07) is 6.84. The molecule has 3 aromatic rings. The van der Waals surface area contributed by atoms with Gasteiger partial charge in [-0.2, -0.15) is 28.1 Å². The van der Waals surface area contributed by atoms with Crippen molar-refractivity contribution in [3.63, 3.8) is 0 Å². The van der Waals surface area contributed by atoms with Crippen molar-refractivity contribution >= 4 is 33.9 Å². The number of halogens is 4. The van der Waals surface area contributed by atoms with Gasteiger partial charge in [-0.3, -0.25) is 10.1 Å². The Morgan fingerprint density at radius 3 is 2.46 bits per heavy atom.